The highest BCUT2D eigenvalue weighted by Gasteiger charge is 2.37. The molecule has 1 unspecified atom stereocenters. The summed E-state index contributed by atoms with van der Waals surface area (Å²) in [4.78, 5) is 40.3. The van der Waals surface area contributed by atoms with Crippen LogP contribution in [0.2, 0.25) is 10.0 Å². The third-order valence-corrected chi connectivity index (χ3v) is 7.68. The number of halogens is 2. The molecule has 37 heavy (non-hydrogen) atoms. The molecule has 6 nitrogen and oxygen atoms in total. The van der Waals surface area contributed by atoms with E-state index < -0.39 is 23.2 Å². The van der Waals surface area contributed by atoms with Gasteiger partial charge in [0.25, 0.3) is 5.56 Å². The second-order valence-electron chi connectivity index (χ2n) is 8.36. The topological polar surface area (TPSA) is 108 Å². The van der Waals surface area contributed by atoms with Gasteiger partial charge >= 0.3 is 0 Å². The van der Waals surface area contributed by atoms with E-state index in [0.717, 1.165) is 16.9 Å². The Balaban J connectivity index is 1.86. The Labute approximate surface area is 225 Å². The van der Waals surface area contributed by atoms with Gasteiger partial charge in [0.15, 0.2) is 5.78 Å². The number of nitrogens with zero attached hydrogens (tertiary/aromatic N) is 1. The Bertz CT molecular complexity index is 1750. The number of hydrogen-bond acceptors (Lipinski definition) is 5. The second kappa shape index (κ2) is 9.86. The first-order chi connectivity index (χ1) is 17.8. The quantitative estimate of drug-likeness (QED) is 0.373. The first-order valence-electron chi connectivity index (χ1n) is 11.1. The van der Waals surface area contributed by atoms with Crippen LogP contribution in [0.15, 0.2) is 89.2 Å². The molecule has 1 aliphatic rings. The fourth-order valence-corrected chi connectivity index (χ4v) is 5.79. The predicted octanol–water partition coefficient (Wildman–Crippen LogP) is 3.49. The zero-order valence-corrected chi connectivity index (χ0v) is 21.5. The minimum atomic E-state index is -0.899. The molecule has 4 N–H and O–H groups in total. The van der Waals surface area contributed by atoms with Crippen molar-refractivity contribution in [3.05, 3.63) is 131 Å². The Kier molecular flexibility index (Phi) is 6.60. The number of nitrogens with two attached hydrogens (primary N) is 2. The SMILES string of the molecule is NC(=O)C1=c2s/c(=C/c3ccc(Cl)cc3)c(=O)n2C(N)=C(C(=O)c2ccccc2)C1c1ccc(Cl)cc1. The van der Waals surface area contributed by atoms with Gasteiger partial charge in [-0.1, -0.05) is 77.8 Å². The lowest BCUT2D eigenvalue weighted by atomic mass is 9.80. The molecule has 2 heterocycles. The summed E-state index contributed by atoms with van der Waals surface area (Å²) in [7, 11) is 0. The number of fused-ring (bicyclic) bond motifs is 1. The first kappa shape index (κ1) is 24.8. The number of Topliss-reactive ketones (excluding diaryl/α,β-unsaturated/α-hetero) is 1. The van der Waals surface area contributed by atoms with E-state index >= 15 is 0 Å². The number of aromatic nitrogens is 1. The lowest BCUT2D eigenvalue weighted by Gasteiger charge is -2.27. The van der Waals surface area contributed by atoms with Crippen molar-refractivity contribution in [1.82, 2.24) is 4.57 Å². The molecule has 1 aromatic heterocycles. The van der Waals surface area contributed by atoms with Crippen molar-refractivity contribution in [3.8, 4) is 0 Å². The number of primary amides is 1. The number of hydrogen-bond donors (Lipinski definition) is 2. The molecule has 3 aromatic carbocycles. The van der Waals surface area contributed by atoms with Crippen LogP contribution in [0.25, 0.3) is 17.5 Å². The molecule has 0 saturated carbocycles. The predicted molar refractivity (Wildman–Crippen MR) is 148 cm³/mol. The van der Waals surface area contributed by atoms with Gasteiger partial charge in [-0.05, 0) is 41.5 Å². The molecule has 0 spiro atoms. The van der Waals surface area contributed by atoms with Crippen molar-refractivity contribution >= 4 is 63.7 Å². The van der Waals surface area contributed by atoms with E-state index in [-0.39, 0.29) is 21.6 Å². The molecule has 184 valence electrons. The van der Waals surface area contributed by atoms with Gasteiger partial charge in [0.2, 0.25) is 5.91 Å². The van der Waals surface area contributed by atoms with Gasteiger partial charge in [-0.2, -0.15) is 0 Å². The summed E-state index contributed by atoms with van der Waals surface area (Å²) >= 11 is 13.2. The summed E-state index contributed by atoms with van der Waals surface area (Å²) in [5.74, 6) is -2.13. The van der Waals surface area contributed by atoms with Crippen molar-refractivity contribution in [2.75, 3.05) is 0 Å². The number of ketones is 1. The van der Waals surface area contributed by atoms with E-state index in [9.17, 15) is 14.4 Å². The van der Waals surface area contributed by atoms with Crippen LogP contribution in [0.4, 0.5) is 0 Å². The van der Waals surface area contributed by atoms with Crippen molar-refractivity contribution in [3.63, 3.8) is 0 Å². The van der Waals surface area contributed by atoms with E-state index in [4.69, 9.17) is 34.7 Å². The minimum Gasteiger partial charge on any atom is -0.384 e. The summed E-state index contributed by atoms with van der Waals surface area (Å²) in [6, 6.07) is 22.2. The Morgan fingerprint density at radius 2 is 1.46 bits per heavy atom. The molecule has 0 aliphatic carbocycles. The summed E-state index contributed by atoms with van der Waals surface area (Å²) in [6.07, 6.45) is 1.68. The Morgan fingerprint density at radius 3 is 2.05 bits per heavy atom. The highest BCUT2D eigenvalue weighted by atomic mass is 35.5. The van der Waals surface area contributed by atoms with Gasteiger partial charge < -0.3 is 11.5 Å². The minimum absolute atomic E-state index is 0.0502. The van der Waals surface area contributed by atoms with Gasteiger partial charge in [-0.15, -0.1) is 11.3 Å². The van der Waals surface area contributed by atoms with Crippen LogP contribution in [0.1, 0.15) is 27.4 Å². The Hall–Kier alpha value is -3.91. The monoisotopic (exact) mass is 547 g/mol. The number of amides is 1. The van der Waals surface area contributed by atoms with E-state index in [1.807, 2.05) is 0 Å². The molecule has 1 aliphatic heterocycles. The van der Waals surface area contributed by atoms with Crippen molar-refractivity contribution in [2.45, 2.75) is 5.92 Å². The van der Waals surface area contributed by atoms with E-state index in [2.05, 4.69) is 0 Å². The normalized spacial score (nSPS) is 15.6. The molecule has 9 heteroatoms. The maximum Gasteiger partial charge on any atom is 0.274 e. The van der Waals surface area contributed by atoms with Crippen LogP contribution >= 0.6 is 34.5 Å². The van der Waals surface area contributed by atoms with Crippen molar-refractivity contribution < 1.29 is 9.59 Å². The second-order valence-corrected chi connectivity index (χ2v) is 10.3. The van der Waals surface area contributed by atoms with E-state index in [0.29, 0.717) is 25.7 Å². The molecular formula is C28H19Cl2N3O3S. The summed E-state index contributed by atoms with van der Waals surface area (Å²) < 4.78 is 1.80. The molecule has 1 atom stereocenters. The number of rotatable bonds is 5. The van der Waals surface area contributed by atoms with Crippen LogP contribution < -0.4 is 26.2 Å². The third-order valence-electron chi connectivity index (χ3n) is 6.07. The number of allylic oxidation sites excluding steroid dienone is 1. The summed E-state index contributed by atoms with van der Waals surface area (Å²) in [6.45, 7) is 0. The maximum absolute atomic E-state index is 13.8. The molecule has 0 fully saturated rings. The molecule has 1 amide bonds. The Morgan fingerprint density at radius 1 is 0.865 bits per heavy atom. The number of carbonyl (C=O) groups is 2. The highest BCUT2D eigenvalue weighted by molar-refractivity contribution is 7.07. The fourth-order valence-electron chi connectivity index (χ4n) is 4.36. The number of thiazole rings is 1. The average Bonchev–Trinajstić information content (AvgIpc) is 3.21. The lowest BCUT2D eigenvalue weighted by molar-refractivity contribution is -0.113. The van der Waals surface area contributed by atoms with Crippen LogP contribution in [-0.2, 0) is 4.79 Å². The molecule has 0 saturated heterocycles. The first-order valence-corrected chi connectivity index (χ1v) is 12.7. The number of carbonyl (C=O) groups excluding carboxylic acids is 2. The highest BCUT2D eigenvalue weighted by Crippen LogP contribution is 2.38. The van der Waals surface area contributed by atoms with E-state index in [1.54, 1.807) is 84.9 Å². The lowest BCUT2D eigenvalue weighted by Crippen LogP contribution is -2.42. The van der Waals surface area contributed by atoms with Gasteiger partial charge in [-0.25, -0.2) is 0 Å². The zero-order chi connectivity index (χ0) is 26.3. The maximum atomic E-state index is 13.8. The van der Waals surface area contributed by atoms with E-state index in [1.165, 1.54) is 4.57 Å². The molecular weight excluding hydrogens is 529 g/mol. The molecule has 5 rings (SSSR count). The largest absolute Gasteiger partial charge is 0.384 e. The molecule has 4 aromatic rings. The van der Waals surface area contributed by atoms with Crippen molar-refractivity contribution in [2.24, 2.45) is 11.5 Å². The van der Waals surface area contributed by atoms with Crippen LogP contribution in [-0.4, -0.2) is 16.3 Å². The van der Waals surface area contributed by atoms with Crippen LogP contribution in [0.5, 0.6) is 0 Å². The van der Waals surface area contributed by atoms with Gasteiger partial charge in [0.1, 0.15) is 10.5 Å². The summed E-state index contributed by atoms with van der Waals surface area (Å²) in [5, 5.41) is 1.05. The van der Waals surface area contributed by atoms with Crippen LogP contribution in [0, 0.1) is 0 Å². The van der Waals surface area contributed by atoms with Gasteiger partial charge in [-0.3, -0.25) is 19.0 Å². The van der Waals surface area contributed by atoms with Gasteiger partial charge in [0.05, 0.1) is 15.7 Å². The number of benzene rings is 3. The van der Waals surface area contributed by atoms with Gasteiger partial charge in [0, 0.05) is 21.5 Å². The van der Waals surface area contributed by atoms with Crippen LogP contribution in [0.3, 0.4) is 0 Å². The zero-order valence-electron chi connectivity index (χ0n) is 19.2. The average molecular weight is 548 g/mol. The fraction of sp³-hybridized carbons (Fsp3) is 0.0357. The smallest absolute Gasteiger partial charge is 0.274 e. The van der Waals surface area contributed by atoms with Crippen molar-refractivity contribution in [1.29, 1.82) is 0 Å². The third kappa shape index (κ3) is 4.53. The molecule has 0 radical (unpaired) electrons. The standard InChI is InChI=1S/C28H19Cl2N3O3S/c29-18-10-6-15(7-11-18)14-20-27(36)33-25(31)22(24(34)17-4-2-1-3-5-17)21(16-8-12-19(30)13-9-16)23(26(32)35)28(33)37-20/h1-14,21H,31H2,(H2,32,35)/b20-14+. The molecule has 0 bridgehead atoms. The summed E-state index contributed by atoms with van der Waals surface area (Å²) in [5.41, 5.74) is 13.9.